The van der Waals surface area contributed by atoms with Crippen molar-refractivity contribution >= 4 is 5.97 Å². The van der Waals surface area contributed by atoms with Gasteiger partial charge in [0, 0.05) is 26.9 Å². The molecular formula is C12H23NO5. The second-order valence-corrected chi connectivity index (χ2v) is 4.19. The highest BCUT2D eigenvalue weighted by Crippen LogP contribution is 2.19. The van der Waals surface area contributed by atoms with Gasteiger partial charge in [0.25, 0.3) is 0 Å². The second-order valence-electron chi connectivity index (χ2n) is 4.19. The van der Waals surface area contributed by atoms with Crippen molar-refractivity contribution in [3.05, 3.63) is 0 Å². The average molecular weight is 261 g/mol. The first-order valence-corrected chi connectivity index (χ1v) is 6.36. The smallest absolute Gasteiger partial charge is 0.335 e. The Morgan fingerprint density at radius 1 is 1.28 bits per heavy atom. The number of hydrogen-bond acceptors (Lipinski definition) is 6. The fraction of sp³-hybridized carbons (Fsp3) is 0.917. The Labute approximate surface area is 108 Å². The largest absolute Gasteiger partial charge is 0.461 e. The molecule has 2 atom stereocenters. The minimum Gasteiger partial charge on any atom is -0.461 e. The number of carbonyl (C=O) groups is 1. The predicted molar refractivity (Wildman–Crippen MR) is 65.2 cm³/mol. The fourth-order valence-corrected chi connectivity index (χ4v) is 1.75. The molecule has 2 unspecified atom stereocenters. The van der Waals surface area contributed by atoms with E-state index in [9.17, 15) is 4.79 Å². The normalized spacial score (nSPS) is 23.2. The van der Waals surface area contributed by atoms with Crippen molar-refractivity contribution in [1.82, 2.24) is 0 Å². The number of hydrogen-bond donors (Lipinski definition) is 1. The third-order valence-corrected chi connectivity index (χ3v) is 2.74. The minimum absolute atomic E-state index is 0.00663. The Kier molecular flexibility index (Phi) is 7.91. The zero-order valence-electron chi connectivity index (χ0n) is 10.9. The molecule has 0 radical (unpaired) electrons. The molecule has 1 rings (SSSR count). The number of nitrogens with two attached hydrogens (primary N) is 1. The van der Waals surface area contributed by atoms with Crippen molar-refractivity contribution in [2.45, 2.75) is 31.5 Å². The number of ether oxygens (including phenoxy) is 4. The molecule has 0 bridgehead atoms. The van der Waals surface area contributed by atoms with E-state index in [0.717, 1.165) is 12.8 Å². The first-order chi connectivity index (χ1) is 8.77. The van der Waals surface area contributed by atoms with Gasteiger partial charge in [-0.2, -0.15) is 0 Å². The molecule has 18 heavy (non-hydrogen) atoms. The Hall–Kier alpha value is -0.690. The van der Waals surface area contributed by atoms with Gasteiger partial charge in [-0.15, -0.1) is 0 Å². The third kappa shape index (κ3) is 5.77. The monoisotopic (exact) mass is 261 g/mol. The molecule has 106 valence electrons. The molecule has 1 fully saturated rings. The highest BCUT2D eigenvalue weighted by Gasteiger charge is 2.30. The van der Waals surface area contributed by atoms with Gasteiger partial charge in [-0.3, -0.25) is 0 Å². The molecular weight excluding hydrogens is 238 g/mol. The van der Waals surface area contributed by atoms with E-state index in [-0.39, 0.29) is 18.7 Å². The molecule has 1 heterocycles. The van der Waals surface area contributed by atoms with E-state index >= 15 is 0 Å². The van der Waals surface area contributed by atoms with Crippen molar-refractivity contribution in [1.29, 1.82) is 0 Å². The van der Waals surface area contributed by atoms with Crippen LogP contribution in [0.15, 0.2) is 0 Å². The van der Waals surface area contributed by atoms with Crippen LogP contribution in [0.3, 0.4) is 0 Å². The zero-order valence-corrected chi connectivity index (χ0v) is 10.9. The van der Waals surface area contributed by atoms with Crippen LogP contribution in [0.5, 0.6) is 0 Å². The highest BCUT2D eigenvalue weighted by atomic mass is 16.6. The lowest BCUT2D eigenvalue weighted by atomic mass is 10.2. The molecule has 0 amide bonds. The van der Waals surface area contributed by atoms with Gasteiger partial charge in [0.05, 0.1) is 12.7 Å². The number of methoxy groups -OCH3 is 1. The van der Waals surface area contributed by atoms with Crippen LogP contribution in [0.4, 0.5) is 0 Å². The van der Waals surface area contributed by atoms with Crippen molar-refractivity contribution in [3.63, 3.8) is 0 Å². The molecule has 6 nitrogen and oxygen atoms in total. The van der Waals surface area contributed by atoms with Crippen LogP contribution in [0.1, 0.15) is 19.3 Å². The van der Waals surface area contributed by atoms with E-state index in [4.69, 9.17) is 24.7 Å². The summed E-state index contributed by atoms with van der Waals surface area (Å²) in [6.45, 7) is 2.41. The van der Waals surface area contributed by atoms with Gasteiger partial charge in [0.15, 0.2) is 6.10 Å². The summed E-state index contributed by atoms with van der Waals surface area (Å²) in [5.74, 6) is -0.313. The summed E-state index contributed by atoms with van der Waals surface area (Å²) in [6, 6.07) is 0. The summed E-state index contributed by atoms with van der Waals surface area (Å²) < 4.78 is 20.6. The minimum atomic E-state index is -0.452. The van der Waals surface area contributed by atoms with Crippen LogP contribution in [0, 0.1) is 0 Å². The fourth-order valence-electron chi connectivity index (χ4n) is 1.75. The van der Waals surface area contributed by atoms with E-state index in [0.29, 0.717) is 32.8 Å². The molecule has 0 aromatic heterocycles. The Morgan fingerprint density at radius 2 is 2.11 bits per heavy atom. The third-order valence-electron chi connectivity index (χ3n) is 2.74. The maximum Gasteiger partial charge on any atom is 0.335 e. The van der Waals surface area contributed by atoms with Gasteiger partial charge < -0.3 is 24.7 Å². The van der Waals surface area contributed by atoms with E-state index in [2.05, 4.69) is 0 Å². The molecule has 1 saturated heterocycles. The van der Waals surface area contributed by atoms with Crippen molar-refractivity contribution in [3.8, 4) is 0 Å². The molecule has 0 aliphatic carbocycles. The van der Waals surface area contributed by atoms with Crippen molar-refractivity contribution in [2.75, 3.05) is 40.1 Å². The van der Waals surface area contributed by atoms with Crippen LogP contribution in [-0.2, 0) is 23.7 Å². The summed E-state index contributed by atoms with van der Waals surface area (Å²) in [5.41, 5.74) is 5.47. The van der Waals surface area contributed by atoms with E-state index in [1.165, 1.54) is 0 Å². The number of rotatable bonds is 9. The number of esters is 1. The van der Waals surface area contributed by atoms with Crippen LogP contribution < -0.4 is 5.73 Å². The quantitative estimate of drug-likeness (QED) is 0.468. The first-order valence-electron chi connectivity index (χ1n) is 6.36. The van der Waals surface area contributed by atoms with Gasteiger partial charge in [-0.05, 0) is 19.3 Å². The summed E-state index contributed by atoms with van der Waals surface area (Å²) in [6.07, 6.45) is 1.90. The second kappa shape index (κ2) is 9.27. The number of carbonyl (C=O) groups excluding carboxylic acids is 1. The molecule has 0 saturated carbocycles. The van der Waals surface area contributed by atoms with E-state index < -0.39 is 6.10 Å². The molecule has 1 aliphatic heterocycles. The summed E-state index contributed by atoms with van der Waals surface area (Å²) in [4.78, 5) is 11.6. The van der Waals surface area contributed by atoms with Crippen LogP contribution in [0.2, 0.25) is 0 Å². The van der Waals surface area contributed by atoms with Gasteiger partial charge in [0.2, 0.25) is 0 Å². The average Bonchev–Trinajstić information content (AvgIpc) is 2.86. The Bertz CT molecular complexity index is 237. The lowest BCUT2D eigenvalue weighted by Crippen LogP contribution is -2.27. The lowest BCUT2D eigenvalue weighted by molar-refractivity contribution is -0.157. The molecule has 6 heteroatoms. The maximum absolute atomic E-state index is 11.6. The lowest BCUT2D eigenvalue weighted by Gasteiger charge is -2.12. The Balaban J connectivity index is 1.97. The van der Waals surface area contributed by atoms with Gasteiger partial charge in [-0.1, -0.05) is 0 Å². The van der Waals surface area contributed by atoms with Crippen LogP contribution in [-0.4, -0.2) is 58.3 Å². The summed E-state index contributed by atoms with van der Waals surface area (Å²) in [7, 11) is 1.65. The summed E-state index contributed by atoms with van der Waals surface area (Å²) >= 11 is 0. The summed E-state index contributed by atoms with van der Waals surface area (Å²) in [5, 5.41) is 0. The Morgan fingerprint density at radius 3 is 2.78 bits per heavy atom. The van der Waals surface area contributed by atoms with Crippen molar-refractivity contribution < 1.29 is 23.7 Å². The topological polar surface area (TPSA) is 80.0 Å². The molecule has 2 N–H and O–H groups in total. The van der Waals surface area contributed by atoms with E-state index in [1.807, 2.05) is 0 Å². The zero-order chi connectivity index (χ0) is 13.2. The molecule has 1 aliphatic rings. The first kappa shape index (κ1) is 15.4. The van der Waals surface area contributed by atoms with E-state index in [1.54, 1.807) is 7.11 Å². The van der Waals surface area contributed by atoms with Gasteiger partial charge in [-0.25, -0.2) is 4.79 Å². The van der Waals surface area contributed by atoms with Crippen LogP contribution >= 0.6 is 0 Å². The molecule has 0 aromatic carbocycles. The van der Waals surface area contributed by atoms with Crippen LogP contribution in [0.25, 0.3) is 0 Å². The van der Waals surface area contributed by atoms with Crippen molar-refractivity contribution in [2.24, 2.45) is 5.73 Å². The SMILES string of the molecule is COCCCOCCOC(=O)C1CCC(CN)O1. The molecule has 0 aromatic rings. The molecule has 0 spiro atoms. The van der Waals surface area contributed by atoms with Gasteiger partial charge in [0.1, 0.15) is 6.61 Å². The predicted octanol–water partition coefficient (Wildman–Crippen LogP) is 0.0890. The maximum atomic E-state index is 11.6. The highest BCUT2D eigenvalue weighted by molar-refractivity contribution is 5.74. The van der Waals surface area contributed by atoms with Gasteiger partial charge >= 0.3 is 5.97 Å². The standard InChI is InChI=1S/C12H23NO5/c1-15-5-2-6-16-7-8-17-12(14)11-4-3-10(9-13)18-11/h10-11H,2-9,13H2,1H3.